The Labute approximate surface area is 123 Å². The molecule has 3 rings (SSSR count). The number of hydrogen-bond acceptors (Lipinski definition) is 5. The zero-order valence-corrected chi connectivity index (χ0v) is 12.6. The summed E-state index contributed by atoms with van der Waals surface area (Å²) >= 11 is 0. The number of fused-ring (bicyclic) bond motifs is 2. The Balaban J connectivity index is 1.71. The summed E-state index contributed by atoms with van der Waals surface area (Å²) in [6.45, 7) is 1.33. The Bertz CT molecular complexity index is 683. The van der Waals surface area contributed by atoms with Crippen molar-refractivity contribution in [3.63, 3.8) is 0 Å². The van der Waals surface area contributed by atoms with Gasteiger partial charge in [-0.15, -0.1) is 0 Å². The lowest BCUT2D eigenvalue weighted by atomic mass is 9.98. The molecule has 7 heteroatoms. The SMILES string of the molecule is CS(=O)(=O)CCC(=O)N1CCc2cc3c(cc2C1)OCO3. The number of rotatable bonds is 3. The van der Waals surface area contributed by atoms with Crippen molar-refractivity contribution in [3.05, 3.63) is 23.3 Å². The maximum Gasteiger partial charge on any atom is 0.231 e. The predicted molar refractivity (Wildman–Crippen MR) is 76.0 cm³/mol. The fraction of sp³-hybridized carbons (Fsp3) is 0.500. The van der Waals surface area contributed by atoms with E-state index < -0.39 is 9.84 Å². The molecule has 0 saturated carbocycles. The van der Waals surface area contributed by atoms with E-state index in [9.17, 15) is 13.2 Å². The van der Waals surface area contributed by atoms with Crippen LogP contribution in [0.15, 0.2) is 12.1 Å². The highest BCUT2D eigenvalue weighted by Crippen LogP contribution is 2.36. The number of benzene rings is 1. The average molecular weight is 311 g/mol. The molecule has 0 spiro atoms. The van der Waals surface area contributed by atoms with Crippen LogP contribution in [0.25, 0.3) is 0 Å². The molecular formula is C14H17NO5S. The Hall–Kier alpha value is -1.76. The molecule has 0 bridgehead atoms. The Morgan fingerprint density at radius 2 is 1.90 bits per heavy atom. The van der Waals surface area contributed by atoms with Crippen LogP contribution in [0, 0.1) is 0 Å². The third-order valence-electron chi connectivity index (χ3n) is 3.75. The van der Waals surface area contributed by atoms with Crippen molar-refractivity contribution < 1.29 is 22.7 Å². The molecule has 1 aromatic carbocycles. The summed E-state index contributed by atoms with van der Waals surface area (Å²) in [5.74, 6) is 1.24. The van der Waals surface area contributed by atoms with Gasteiger partial charge in [-0.1, -0.05) is 0 Å². The van der Waals surface area contributed by atoms with E-state index in [1.807, 2.05) is 12.1 Å². The van der Waals surface area contributed by atoms with Crippen LogP contribution in [0.2, 0.25) is 0 Å². The van der Waals surface area contributed by atoms with Crippen LogP contribution in [-0.2, 0) is 27.6 Å². The van der Waals surface area contributed by atoms with Gasteiger partial charge in [0, 0.05) is 25.8 Å². The van der Waals surface area contributed by atoms with E-state index in [0.29, 0.717) is 18.8 Å². The van der Waals surface area contributed by atoms with Crippen LogP contribution < -0.4 is 9.47 Å². The second kappa shape index (κ2) is 5.22. The first-order chi connectivity index (χ1) is 9.92. The van der Waals surface area contributed by atoms with Crippen LogP contribution in [-0.4, -0.2) is 44.6 Å². The van der Waals surface area contributed by atoms with E-state index in [4.69, 9.17) is 9.47 Å². The quantitative estimate of drug-likeness (QED) is 0.823. The van der Waals surface area contributed by atoms with Crippen LogP contribution in [0.3, 0.4) is 0 Å². The van der Waals surface area contributed by atoms with Crippen molar-refractivity contribution in [1.82, 2.24) is 4.90 Å². The molecule has 1 aromatic rings. The summed E-state index contributed by atoms with van der Waals surface area (Å²) in [4.78, 5) is 13.8. The van der Waals surface area contributed by atoms with Crippen molar-refractivity contribution in [2.75, 3.05) is 25.3 Å². The third-order valence-corrected chi connectivity index (χ3v) is 4.69. The first-order valence-corrected chi connectivity index (χ1v) is 8.85. The molecule has 0 fully saturated rings. The molecule has 0 unspecified atom stereocenters. The minimum Gasteiger partial charge on any atom is -0.454 e. The van der Waals surface area contributed by atoms with Gasteiger partial charge >= 0.3 is 0 Å². The molecule has 0 N–H and O–H groups in total. The van der Waals surface area contributed by atoms with E-state index in [-0.39, 0.29) is 24.9 Å². The van der Waals surface area contributed by atoms with Crippen molar-refractivity contribution in [2.24, 2.45) is 0 Å². The van der Waals surface area contributed by atoms with Crippen molar-refractivity contribution in [1.29, 1.82) is 0 Å². The normalized spacial score (nSPS) is 16.7. The first-order valence-electron chi connectivity index (χ1n) is 6.79. The van der Waals surface area contributed by atoms with Crippen LogP contribution in [0.1, 0.15) is 17.5 Å². The van der Waals surface area contributed by atoms with Gasteiger partial charge < -0.3 is 14.4 Å². The minimum absolute atomic E-state index is 0.0404. The van der Waals surface area contributed by atoms with Crippen LogP contribution in [0.5, 0.6) is 11.5 Å². The zero-order chi connectivity index (χ0) is 15.0. The molecule has 6 nitrogen and oxygen atoms in total. The summed E-state index contributed by atoms with van der Waals surface area (Å²) < 4.78 is 33.0. The summed E-state index contributed by atoms with van der Waals surface area (Å²) in [5.41, 5.74) is 2.20. The fourth-order valence-corrected chi connectivity index (χ4v) is 3.14. The molecule has 0 radical (unpaired) electrons. The largest absolute Gasteiger partial charge is 0.454 e. The predicted octanol–water partition coefficient (Wildman–Crippen LogP) is 0.735. The summed E-state index contributed by atoms with van der Waals surface area (Å²) in [5, 5.41) is 0. The van der Waals surface area contributed by atoms with Crippen molar-refractivity contribution in [3.8, 4) is 11.5 Å². The number of sulfone groups is 1. The van der Waals surface area contributed by atoms with Gasteiger partial charge in [0.25, 0.3) is 0 Å². The van der Waals surface area contributed by atoms with Gasteiger partial charge in [-0.2, -0.15) is 0 Å². The lowest BCUT2D eigenvalue weighted by Crippen LogP contribution is -2.36. The van der Waals surface area contributed by atoms with Gasteiger partial charge in [0.2, 0.25) is 12.7 Å². The molecule has 114 valence electrons. The highest BCUT2D eigenvalue weighted by atomic mass is 32.2. The molecule has 0 aliphatic carbocycles. The molecule has 0 atom stereocenters. The lowest BCUT2D eigenvalue weighted by molar-refractivity contribution is -0.131. The highest BCUT2D eigenvalue weighted by molar-refractivity contribution is 7.90. The molecular weight excluding hydrogens is 294 g/mol. The monoisotopic (exact) mass is 311 g/mol. The van der Waals surface area contributed by atoms with Crippen molar-refractivity contribution in [2.45, 2.75) is 19.4 Å². The van der Waals surface area contributed by atoms with E-state index in [1.165, 1.54) is 0 Å². The maximum absolute atomic E-state index is 12.1. The first kappa shape index (κ1) is 14.2. The number of hydrogen-bond donors (Lipinski definition) is 0. The Kier molecular flexibility index (Phi) is 3.52. The number of amides is 1. The molecule has 2 heterocycles. The van der Waals surface area contributed by atoms with Gasteiger partial charge in [-0.05, 0) is 29.7 Å². The van der Waals surface area contributed by atoms with Gasteiger partial charge in [0.15, 0.2) is 11.5 Å². The fourth-order valence-electron chi connectivity index (χ4n) is 2.59. The van der Waals surface area contributed by atoms with Gasteiger partial charge in [-0.25, -0.2) is 8.42 Å². The van der Waals surface area contributed by atoms with Crippen LogP contribution >= 0.6 is 0 Å². The molecule has 0 saturated heterocycles. The topological polar surface area (TPSA) is 72.9 Å². The molecule has 2 aliphatic heterocycles. The maximum atomic E-state index is 12.1. The highest BCUT2D eigenvalue weighted by Gasteiger charge is 2.25. The third kappa shape index (κ3) is 3.12. The summed E-state index contributed by atoms with van der Waals surface area (Å²) in [6, 6.07) is 3.88. The van der Waals surface area contributed by atoms with Gasteiger partial charge in [0.1, 0.15) is 9.84 Å². The Morgan fingerprint density at radius 1 is 1.24 bits per heavy atom. The second-order valence-corrected chi connectivity index (χ2v) is 7.68. The zero-order valence-electron chi connectivity index (χ0n) is 11.8. The summed E-state index contributed by atoms with van der Waals surface area (Å²) in [7, 11) is -3.11. The molecule has 0 aromatic heterocycles. The number of carbonyl (C=O) groups is 1. The summed E-state index contributed by atoms with van der Waals surface area (Å²) in [6.07, 6.45) is 1.93. The number of ether oxygens (including phenoxy) is 2. The van der Waals surface area contributed by atoms with E-state index in [0.717, 1.165) is 29.6 Å². The molecule has 1 amide bonds. The smallest absolute Gasteiger partial charge is 0.231 e. The lowest BCUT2D eigenvalue weighted by Gasteiger charge is -2.29. The van der Waals surface area contributed by atoms with Crippen LogP contribution in [0.4, 0.5) is 0 Å². The van der Waals surface area contributed by atoms with Gasteiger partial charge in [0.05, 0.1) is 5.75 Å². The molecule has 2 aliphatic rings. The average Bonchev–Trinajstić information content (AvgIpc) is 2.87. The van der Waals surface area contributed by atoms with E-state index >= 15 is 0 Å². The second-order valence-electron chi connectivity index (χ2n) is 5.42. The standard InChI is InChI=1S/C14H17NO5S/c1-21(17,18)5-3-14(16)15-4-2-10-6-12-13(20-9-19-12)7-11(10)8-15/h6-7H,2-5,8-9H2,1H3. The Morgan fingerprint density at radius 3 is 2.57 bits per heavy atom. The molecule has 21 heavy (non-hydrogen) atoms. The minimum atomic E-state index is -3.11. The van der Waals surface area contributed by atoms with Crippen molar-refractivity contribution >= 4 is 15.7 Å². The van der Waals surface area contributed by atoms with E-state index in [2.05, 4.69) is 0 Å². The van der Waals surface area contributed by atoms with E-state index in [1.54, 1.807) is 4.90 Å². The number of carbonyl (C=O) groups excluding carboxylic acids is 1. The number of nitrogens with zero attached hydrogens (tertiary/aromatic N) is 1. The van der Waals surface area contributed by atoms with Gasteiger partial charge in [-0.3, -0.25) is 4.79 Å².